The zero-order valence-corrected chi connectivity index (χ0v) is 9.97. The van der Waals surface area contributed by atoms with Gasteiger partial charge in [-0.2, -0.15) is 0 Å². The molecule has 0 aliphatic heterocycles. The molecular formula is C11H12ClFO3. The molecule has 0 aromatic heterocycles. The van der Waals surface area contributed by atoms with Crippen molar-refractivity contribution >= 4 is 17.6 Å². The van der Waals surface area contributed by atoms with Crippen LogP contribution in [0.1, 0.15) is 12.5 Å². The lowest BCUT2D eigenvalue weighted by Gasteiger charge is -2.18. The number of rotatable bonds is 3. The van der Waals surface area contributed by atoms with Crippen LogP contribution in [0.5, 0.6) is 5.75 Å². The summed E-state index contributed by atoms with van der Waals surface area (Å²) in [6.07, 6.45) is 0. The first-order valence-corrected chi connectivity index (χ1v) is 4.92. The number of alkyl halides is 1. The van der Waals surface area contributed by atoms with Crippen LogP contribution in [0.4, 0.5) is 4.39 Å². The number of carbonyl (C=O) groups is 1. The highest BCUT2D eigenvalue weighted by Gasteiger charge is 2.36. The molecule has 88 valence electrons. The van der Waals surface area contributed by atoms with Crippen LogP contribution >= 0.6 is 11.6 Å². The van der Waals surface area contributed by atoms with E-state index < -0.39 is 11.6 Å². The van der Waals surface area contributed by atoms with E-state index >= 15 is 0 Å². The van der Waals surface area contributed by atoms with Crippen molar-refractivity contribution in [3.8, 4) is 5.75 Å². The molecule has 0 aliphatic rings. The topological polar surface area (TPSA) is 35.5 Å². The van der Waals surface area contributed by atoms with Crippen molar-refractivity contribution in [3.63, 3.8) is 0 Å². The van der Waals surface area contributed by atoms with Gasteiger partial charge in [-0.3, -0.25) is 0 Å². The molecule has 1 unspecified atom stereocenters. The van der Waals surface area contributed by atoms with Crippen molar-refractivity contribution in [2.75, 3.05) is 14.2 Å². The second kappa shape index (κ2) is 4.70. The molecular weight excluding hydrogens is 235 g/mol. The van der Waals surface area contributed by atoms with Crippen LogP contribution in [0, 0.1) is 0 Å². The number of hydrogen-bond donors (Lipinski definition) is 0. The molecule has 0 heterocycles. The van der Waals surface area contributed by atoms with Crippen molar-refractivity contribution in [2.24, 2.45) is 0 Å². The molecule has 3 nitrogen and oxygen atoms in total. The van der Waals surface area contributed by atoms with Gasteiger partial charge in [-0.1, -0.05) is 17.7 Å². The summed E-state index contributed by atoms with van der Waals surface area (Å²) in [6.45, 7) is 1.12. The average Bonchev–Trinajstić information content (AvgIpc) is 2.27. The van der Waals surface area contributed by atoms with Gasteiger partial charge < -0.3 is 9.47 Å². The number of ether oxygens (including phenoxy) is 2. The fraction of sp³-hybridized carbons (Fsp3) is 0.364. The summed E-state index contributed by atoms with van der Waals surface area (Å²) in [6, 6.07) is 4.28. The minimum absolute atomic E-state index is 0.130. The molecule has 5 heteroatoms. The van der Waals surface area contributed by atoms with Gasteiger partial charge in [0.25, 0.3) is 0 Å². The van der Waals surface area contributed by atoms with Crippen molar-refractivity contribution in [3.05, 3.63) is 28.8 Å². The van der Waals surface area contributed by atoms with E-state index in [0.717, 1.165) is 14.0 Å². The Morgan fingerprint density at radius 1 is 1.44 bits per heavy atom. The predicted octanol–water partition coefficient (Wildman–Crippen LogP) is 2.71. The summed E-state index contributed by atoms with van der Waals surface area (Å²) >= 11 is 5.84. The van der Waals surface area contributed by atoms with Crippen LogP contribution in [0.2, 0.25) is 5.02 Å². The van der Waals surface area contributed by atoms with E-state index in [1.807, 2.05) is 0 Å². The van der Waals surface area contributed by atoms with Crippen LogP contribution in [0.3, 0.4) is 0 Å². The maximum absolute atomic E-state index is 14.1. The Hall–Kier alpha value is -1.29. The summed E-state index contributed by atoms with van der Waals surface area (Å²) in [5, 5.41) is 0.243. The van der Waals surface area contributed by atoms with Gasteiger partial charge in [0.05, 0.1) is 19.2 Å². The van der Waals surface area contributed by atoms with Crippen LogP contribution in [0.25, 0.3) is 0 Å². The highest BCUT2D eigenvalue weighted by molar-refractivity contribution is 6.32. The molecule has 16 heavy (non-hydrogen) atoms. The Morgan fingerprint density at radius 3 is 2.50 bits per heavy atom. The summed E-state index contributed by atoms with van der Waals surface area (Å²) in [5.74, 6) is -0.542. The zero-order chi connectivity index (χ0) is 12.3. The molecule has 0 saturated carbocycles. The first-order valence-electron chi connectivity index (χ1n) is 4.54. The minimum atomic E-state index is -2.22. The second-order valence-corrected chi connectivity index (χ2v) is 3.75. The van der Waals surface area contributed by atoms with Crippen molar-refractivity contribution in [1.82, 2.24) is 0 Å². The van der Waals surface area contributed by atoms with E-state index in [4.69, 9.17) is 16.3 Å². The first-order chi connectivity index (χ1) is 7.43. The Balaban J connectivity index is 3.14. The number of methoxy groups -OCH3 is 2. The van der Waals surface area contributed by atoms with Crippen LogP contribution in [-0.2, 0) is 15.2 Å². The highest BCUT2D eigenvalue weighted by Crippen LogP contribution is 2.33. The van der Waals surface area contributed by atoms with Crippen molar-refractivity contribution in [1.29, 1.82) is 0 Å². The molecule has 0 bridgehead atoms. The van der Waals surface area contributed by atoms with Gasteiger partial charge in [-0.15, -0.1) is 0 Å². The number of hydrogen-bond acceptors (Lipinski definition) is 3. The number of halogens is 2. The summed E-state index contributed by atoms with van der Waals surface area (Å²) in [4.78, 5) is 11.2. The molecule has 0 radical (unpaired) electrons. The molecule has 0 N–H and O–H groups in total. The van der Waals surface area contributed by atoms with E-state index in [9.17, 15) is 9.18 Å². The molecule has 0 fully saturated rings. The molecule has 0 amide bonds. The fourth-order valence-electron chi connectivity index (χ4n) is 1.27. The van der Waals surface area contributed by atoms with Gasteiger partial charge in [0.1, 0.15) is 5.75 Å². The lowest BCUT2D eigenvalue weighted by molar-refractivity contribution is -0.154. The van der Waals surface area contributed by atoms with Gasteiger partial charge in [0, 0.05) is 5.56 Å². The van der Waals surface area contributed by atoms with Crippen molar-refractivity contribution < 1.29 is 18.7 Å². The van der Waals surface area contributed by atoms with E-state index in [1.165, 1.54) is 25.3 Å². The largest absolute Gasteiger partial charge is 0.495 e. The maximum atomic E-state index is 14.1. The smallest absolute Gasteiger partial charge is 0.348 e. The molecule has 1 aromatic carbocycles. The normalized spacial score (nSPS) is 14.1. The predicted molar refractivity (Wildman–Crippen MR) is 58.5 cm³/mol. The van der Waals surface area contributed by atoms with Gasteiger partial charge in [-0.25, -0.2) is 9.18 Å². The van der Waals surface area contributed by atoms with E-state index in [2.05, 4.69) is 4.74 Å². The Kier molecular flexibility index (Phi) is 3.75. The Morgan fingerprint density at radius 2 is 2.06 bits per heavy atom. The van der Waals surface area contributed by atoms with Gasteiger partial charge in [0.15, 0.2) is 0 Å². The average molecular weight is 247 g/mol. The molecule has 1 aromatic rings. The zero-order valence-electron chi connectivity index (χ0n) is 9.21. The lowest BCUT2D eigenvalue weighted by Crippen LogP contribution is -2.28. The van der Waals surface area contributed by atoms with Gasteiger partial charge in [-0.05, 0) is 19.1 Å². The third-order valence-electron chi connectivity index (χ3n) is 2.26. The third-order valence-corrected chi connectivity index (χ3v) is 2.56. The molecule has 1 rings (SSSR count). The highest BCUT2D eigenvalue weighted by atomic mass is 35.5. The first kappa shape index (κ1) is 12.8. The van der Waals surface area contributed by atoms with Gasteiger partial charge in [0.2, 0.25) is 5.67 Å². The monoisotopic (exact) mass is 246 g/mol. The van der Waals surface area contributed by atoms with Crippen LogP contribution < -0.4 is 4.74 Å². The molecule has 1 atom stereocenters. The third kappa shape index (κ3) is 2.27. The van der Waals surface area contributed by atoms with Crippen LogP contribution in [-0.4, -0.2) is 20.2 Å². The van der Waals surface area contributed by atoms with Gasteiger partial charge >= 0.3 is 5.97 Å². The molecule has 0 spiro atoms. The minimum Gasteiger partial charge on any atom is -0.495 e. The number of esters is 1. The number of carbonyl (C=O) groups excluding carboxylic acids is 1. The van der Waals surface area contributed by atoms with E-state index in [-0.39, 0.29) is 10.6 Å². The Bertz CT molecular complexity index is 404. The quantitative estimate of drug-likeness (QED) is 0.770. The van der Waals surface area contributed by atoms with E-state index in [0.29, 0.717) is 5.75 Å². The summed E-state index contributed by atoms with van der Waals surface area (Å²) in [5.41, 5.74) is -2.09. The maximum Gasteiger partial charge on any atom is 0.348 e. The second-order valence-electron chi connectivity index (χ2n) is 3.34. The molecule has 0 saturated heterocycles. The lowest BCUT2D eigenvalue weighted by atomic mass is 9.98. The number of benzene rings is 1. The summed E-state index contributed by atoms with van der Waals surface area (Å²) in [7, 11) is 2.58. The standard InChI is InChI=1S/C11H12ClFO3/c1-11(13,10(14)16-3)7-4-5-9(15-2)8(12)6-7/h4-6H,1-3H3. The SMILES string of the molecule is COC(=O)C(C)(F)c1ccc(OC)c(Cl)c1. The van der Waals surface area contributed by atoms with Crippen molar-refractivity contribution in [2.45, 2.75) is 12.6 Å². The van der Waals surface area contributed by atoms with E-state index in [1.54, 1.807) is 0 Å². The summed E-state index contributed by atoms with van der Waals surface area (Å²) < 4.78 is 23.4. The fourth-order valence-corrected chi connectivity index (χ4v) is 1.53. The van der Waals surface area contributed by atoms with Crippen LogP contribution in [0.15, 0.2) is 18.2 Å². The Labute approximate surface area is 98.1 Å². The molecule has 0 aliphatic carbocycles.